The Hall–Kier alpha value is -1.87. The Bertz CT molecular complexity index is 519. The fraction of sp³-hybridized carbons (Fsp3) is 0.312. The molecule has 0 spiro atoms. The molecule has 0 radical (unpaired) electrons. The van der Waals surface area contributed by atoms with Crippen LogP contribution in [0.25, 0.3) is 0 Å². The summed E-state index contributed by atoms with van der Waals surface area (Å²) in [6.07, 6.45) is 1.73. The molecular formula is C16H20N2O. The number of pyridine rings is 1. The lowest BCUT2D eigenvalue weighted by Gasteiger charge is -2.19. The van der Waals surface area contributed by atoms with Crippen LogP contribution >= 0.6 is 0 Å². The van der Waals surface area contributed by atoms with Crippen LogP contribution in [0.2, 0.25) is 0 Å². The summed E-state index contributed by atoms with van der Waals surface area (Å²) in [5.41, 5.74) is 8.83. The van der Waals surface area contributed by atoms with Crippen molar-refractivity contribution in [2.45, 2.75) is 32.3 Å². The third kappa shape index (κ3) is 3.12. The number of rotatable bonds is 4. The van der Waals surface area contributed by atoms with Crippen LogP contribution in [0.4, 0.5) is 5.82 Å². The first kappa shape index (κ1) is 13.6. The average molecular weight is 256 g/mol. The zero-order valence-electron chi connectivity index (χ0n) is 11.4. The topological polar surface area (TPSA) is 59.1 Å². The molecule has 2 unspecified atom stereocenters. The SMILES string of the molecule is Cc1ccnc(N)c1C(O)CC(C)c1ccccc1. The zero-order chi connectivity index (χ0) is 13.8. The van der Waals surface area contributed by atoms with Gasteiger partial charge in [0.1, 0.15) is 5.82 Å². The highest BCUT2D eigenvalue weighted by Gasteiger charge is 2.18. The van der Waals surface area contributed by atoms with E-state index in [1.54, 1.807) is 6.20 Å². The van der Waals surface area contributed by atoms with Crippen molar-refractivity contribution in [1.82, 2.24) is 4.98 Å². The normalized spacial score (nSPS) is 14.1. The smallest absolute Gasteiger partial charge is 0.129 e. The Morgan fingerprint density at radius 2 is 1.89 bits per heavy atom. The van der Waals surface area contributed by atoms with E-state index in [9.17, 15) is 5.11 Å². The van der Waals surface area contributed by atoms with Crippen LogP contribution in [0.5, 0.6) is 0 Å². The summed E-state index contributed by atoms with van der Waals surface area (Å²) in [5.74, 6) is 0.697. The molecule has 3 N–H and O–H groups in total. The predicted octanol–water partition coefficient (Wildman–Crippen LogP) is 3.20. The summed E-state index contributed by atoms with van der Waals surface area (Å²) < 4.78 is 0. The monoisotopic (exact) mass is 256 g/mol. The van der Waals surface area contributed by atoms with Gasteiger partial charge < -0.3 is 10.8 Å². The molecule has 0 saturated carbocycles. The predicted molar refractivity (Wildman–Crippen MR) is 77.8 cm³/mol. The highest BCUT2D eigenvalue weighted by molar-refractivity contribution is 5.45. The Morgan fingerprint density at radius 1 is 1.21 bits per heavy atom. The van der Waals surface area contributed by atoms with Crippen LogP contribution in [0.15, 0.2) is 42.6 Å². The van der Waals surface area contributed by atoms with Gasteiger partial charge in [0.15, 0.2) is 0 Å². The number of hydrogen-bond acceptors (Lipinski definition) is 3. The highest BCUT2D eigenvalue weighted by atomic mass is 16.3. The first-order chi connectivity index (χ1) is 9.09. The molecule has 19 heavy (non-hydrogen) atoms. The first-order valence-electron chi connectivity index (χ1n) is 6.53. The van der Waals surface area contributed by atoms with Gasteiger partial charge in [-0.1, -0.05) is 37.3 Å². The van der Waals surface area contributed by atoms with E-state index in [-0.39, 0.29) is 5.92 Å². The summed E-state index contributed by atoms with van der Waals surface area (Å²) in [7, 11) is 0. The molecule has 3 heteroatoms. The zero-order valence-corrected chi connectivity index (χ0v) is 11.4. The number of anilines is 1. The molecule has 1 heterocycles. The number of nitrogen functional groups attached to an aromatic ring is 1. The maximum absolute atomic E-state index is 10.4. The fourth-order valence-electron chi connectivity index (χ4n) is 2.39. The minimum Gasteiger partial charge on any atom is -0.388 e. The van der Waals surface area contributed by atoms with Gasteiger partial charge in [0.2, 0.25) is 0 Å². The van der Waals surface area contributed by atoms with Crippen molar-refractivity contribution in [2.75, 3.05) is 5.73 Å². The van der Waals surface area contributed by atoms with Gasteiger partial charge in [0.05, 0.1) is 6.10 Å². The molecule has 3 nitrogen and oxygen atoms in total. The summed E-state index contributed by atoms with van der Waals surface area (Å²) in [6, 6.07) is 12.1. The van der Waals surface area contributed by atoms with E-state index in [4.69, 9.17) is 5.73 Å². The van der Waals surface area contributed by atoms with Crippen molar-refractivity contribution in [3.8, 4) is 0 Å². The molecule has 0 bridgehead atoms. The van der Waals surface area contributed by atoms with Gasteiger partial charge in [-0.05, 0) is 36.5 Å². The molecule has 2 rings (SSSR count). The van der Waals surface area contributed by atoms with Crippen LogP contribution in [0.3, 0.4) is 0 Å². The minimum atomic E-state index is -0.580. The third-order valence-electron chi connectivity index (χ3n) is 3.52. The van der Waals surface area contributed by atoms with Gasteiger partial charge in [0, 0.05) is 11.8 Å². The van der Waals surface area contributed by atoms with E-state index in [0.717, 1.165) is 11.1 Å². The number of benzene rings is 1. The van der Waals surface area contributed by atoms with Crippen LogP contribution in [0.1, 0.15) is 42.1 Å². The first-order valence-corrected chi connectivity index (χ1v) is 6.53. The molecule has 2 atom stereocenters. The number of aryl methyl sites for hydroxylation is 1. The van der Waals surface area contributed by atoms with Crippen molar-refractivity contribution in [1.29, 1.82) is 0 Å². The van der Waals surface area contributed by atoms with Gasteiger partial charge >= 0.3 is 0 Å². The summed E-state index contributed by atoms with van der Waals surface area (Å²) in [4.78, 5) is 4.06. The Balaban J connectivity index is 2.15. The molecule has 0 amide bonds. The fourth-order valence-corrected chi connectivity index (χ4v) is 2.39. The Kier molecular flexibility index (Phi) is 4.17. The standard InChI is InChI=1S/C16H20N2O/c1-11-8-9-18-16(17)15(11)14(19)10-12(2)13-6-4-3-5-7-13/h3-9,12,14,19H,10H2,1-2H3,(H2,17,18). The minimum absolute atomic E-state index is 0.273. The van der Waals surface area contributed by atoms with Gasteiger partial charge in [0.25, 0.3) is 0 Å². The molecule has 2 aromatic rings. The molecule has 0 aliphatic rings. The molecule has 0 saturated heterocycles. The van der Waals surface area contributed by atoms with E-state index in [2.05, 4.69) is 24.0 Å². The summed E-state index contributed by atoms with van der Waals surface area (Å²) >= 11 is 0. The molecular weight excluding hydrogens is 236 g/mol. The number of hydrogen-bond donors (Lipinski definition) is 2. The largest absolute Gasteiger partial charge is 0.388 e. The van der Waals surface area contributed by atoms with Gasteiger partial charge in [-0.2, -0.15) is 0 Å². The lowest BCUT2D eigenvalue weighted by molar-refractivity contribution is 0.159. The molecule has 0 aliphatic heterocycles. The molecule has 0 fully saturated rings. The van der Waals surface area contributed by atoms with Crippen molar-refractivity contribution in [3.63, 3.8) is 0 Å². The number of aliphatic hydroxyl groups excluding tert-OH is 1. The summed E-state index contributed by atoms with van der Waals surface area (Å²) in [6.45, 7) is 4.06. The van der Waals surface area contributed by atoms with Crippen molar-refractivity contribution < 1.29 is 5.11 Å². The number of aliphatic hydroxyl groups is 1. The summed E-state index contributed by atoms with van der Waals surface area (Å²) in [5, 5.41) is 10.4. The van der Waals surface area contributed by atoms with E-state index in [0.29, 0.717) is 12.2 Å². The molecule has 100 valence electrons. The van der Waals surface area contributed by atoms with Gasteiger partial charge in [-0.25, -0.2) is 4.98 Å². The third-order valence-corrected chi connectivity index (χ3v) is 3.52. The van der Waals surface area contributed by atoms with Crippen molar-refractivity contribution in [3.05, 3.63) is 59.3 Å². The van der Waals surface area contributed by atoms with Crippen molar-refractivity contribution >= 4 is 5.82 Å². The molecule has 1 aromatic heterocycles. The number of nitrogens with zero attached hydrogens (tertiary/aromatic N) is 1. The van der Waals surface area contributed by atoms with Crippen LogP contribution in [-0.2, 0) is 0 Å². The number of nitrogens with two attached hydrogens (primary N) is 1. The Labute approximate surface area is 114 Å². The van der Waals surface area contributed by atoms with E-state index in [1.165, 1.54) is 5.56 Å². The quantitative estimate of drug-likeness (QED) is 0.883. The van der Waals surface area contributed by atoms with Crippen LogP contribution in [-0.4, -0.2) is 10.1 Å². The van der Waals surface area contributed by atoms with Crippen LogP contribution in [0, 0.1) is 6.92 Å². The molecule has 1 aromatic carbocycles. The second kappa shape index (κ2) is 5.85. The lowest BCUT2D eigenvalue weighted by Crippen LogP contribution is -2.09. The average Bonchev–Trinajstić information content (AvgIpc) is 2.39. The van der Waals surface area contributed by atoms with E-state index in [1.807, 2.05) is 31.2 Å². The van der Waals surface area contributed by atoms with Crippen molar-refractivity contribution in [2.24, 2.45) is 0 Å². The maximum atomic E-state index is 10.4. The van der Waals surface area contributed by atoms with Crippen LogP contribution < -0.4 is 5.73 Å². The second-order valence-corrected chi connectivity index (χ2v) is 4.99. The molecule has 0 aliphatic carbocycles. The second-order valence-electron chi connectivity index (χ2n) is 4.99. The van der Waals surface area contributed by atoms with E-state index < -0.39 is 6.10 Å². The Morgan fingerprint density at radius 3 is 2.53 bits per heavy atom. The van der Waals surface area contributed by atoms with Gasteiger partial charge in [-0.15, -0.1) is 0 Å². The van der Waals surface area contributed by atoms with E-state index >= 15 is 0 Å². The maximum Gasteiger partial charge on any atom is 0.129 e. The number of aromatic nitrogens is 1. The lowest BCUT2D eigenvalue weighted by atomic mass is 9.91. The highest BCUT2D eigenvalue weighted by Crippen LogP contribution is 2.31. The van der Waals surface area contributed by atoms with Gasteiger partial charge in [-0.3, -0.25) is 0 Å².